The molecule has 2 aliphatic carbocycles. The smallest absolute Gasteiger partial charge is 0.331 e. The summed E-state index contributed by atoms with van der Waals surface area (Å²) in [6.07, 6.45) is 12.6. The number of carboxylic acids is 1. The van der Waals surface area contributed by atoms with E-state index in [1.54, 1.807) is 0 Å². The molecule has 0 unspecified atom stereocenters. The van der Waals surface area contributed by atoms with Crippen LogP contribution in [0.4, 0.5) is 0 Å². The average molecular weight is 302 g/mol. The van der Waals surface area contributed by atoms with E-state index < -0.39 is 5.97 Å². The standard InChI is InChI=1S/C20H30O2/c1-14-7-5-8-15(2)11-12-17-18(20(17,3)4)13-16(19(21)22)10-6-9-14/h8-9,13,17-18H,5-7,10-12H2,1-4H3,(H,21,22)/t17-,18-/m1/s1. The summed E-state index contributed by atoms with van der Waals surface area (Å²) in [6, 6.07) is 0. The highest BCUT2D eigenvalue weighted by molar-refractivity contribution is 5.86. The lowest BCUT2D eigenvalue weighted by Gasteiger charge is -2.05. The lowest BCUT2D eigenvalue weighted by atomic mass is 10.0. The Kier molecular flexibility index (Phi) is 5.31. The van der Waals surface area contributed by atoms with Gasteiger partial charge < -0.3 is 5.11 Å². The highest BCUT2D eigenvalue weighted by atomic mass is 16.4. The van der Waals surface area contributed by atoms with Crippen molar-refractivity contribution in [1.29, 1.82) is 0 Å². The third kappa shape index (κ3) is 4.12. The number of aliphatic carboxylic acids is 1. The van der Waals surface area contributed by atoms with Crippen LogP contribution in [-0.2, 0) is 4.79 Å². The van der Waals surface area contributed by atoms with Crippen molar-refractivity contribution in [2.45, 2.75) is 66.2 Å². The summed E-state index contributed by atoms with van der Waals surface area (Å²) in [4.78, 5) is 11.5. The Hall–Kier alpha value is -1.31. The number of hydrogen-bond donors (Lipinski definition) is 1. The van der Waals surface area contributed by atoms with Gasteiger partial charge in [0.05, 0.1) is 0 Å². The normalized spacial score (nSPS) is 29.4. The minimum absolute atomic E-state index is 0.257. The molecule has 1 N–H and O–H groups in total. The molecule has 0 bridgehead atoms. The largest absolute Gasteiger partial charge is 0.478 e. The maximum Gasteiger partial charge on any atom is 0.331 e. The van der Waals surface area contributed by atoms with E-state index in [-0.39, 0.29) is 5.41 Å². The molecule has 2 aliphatic rings. The second kappa shape index (κ2) is 6.85. The summed E-state index contributed by atoms with van der Waals surface area (Å²) >= 11 is 0. The van der Waals surface area contributed by atoms with E-state index in [0.29, 0.717) is 23.8 Å². The molecule has 0 spiro atoms. The van der Waals surface area contributed by atoms with Gasteiger partial charge in [0, 0.05) is 5.57 Å². The number of fused-ring (bicyclic) bond motifs is 1. The predicted octanol–water partition coefficient (Wildman–Crippen LogP) is 5.52. The summed E-state index contributed by atoms with van der Waals surface area (Å²) in [7, 11) is 0. The van der Waals surface area contributed by atoms with Gasteiger partial charge in [-0.05, 0) is 69.6 Å². The third-order valence-corrected chi connectivity index (χ3v) is 5.58. The molecule has 1 saturated carbocycles. The molecule has 0 aromatic heterocycles. The molecule has 0 aromatic rings. The zero-order valence-corrected chi connectivity index (χ0v) is 14.5. The fourth-order valence-corrected chi connectivity index (χ4v) is 3.75. The third-order valence-electron chi connectivity index (χ3n) is 5.58. The Morgan fingerprint density at radius 3 is 2.32 bits per heavy atom. The van der Waals surface area contributed by atoms with Gasteiger partial charge >= 0.3 is 5.97 Å². The van der Waals surface area contributed by atoms with E-state index in [1.807, 2.05) is 0 Å². The van der Waals surface area contributed by atoms with E-state index in [4.69, 9.17) is 0 Å². The first-order valence-corrected chi connectivity index (χ1v) is 8.57. The van der Waals surface area contributed by atoms with Crippen molar-refractivity contribution in [2.24, 2.45) is 17.3 Å². The van der Waals surface area contributed by atoms with Crippen LogP contribution in [0, 0.1) is 17.3 Å². The van der Waals surface area contributed by atoms with Crippen LogP contribution in [0.25, 0.3) is 0 Å². The Bertz CT molecular complexity index is 520. The highest BCUT2D eigenvalue weighted by Gasteiger charge is 2.55. The minimum Gasteiger partial charge on any atom is -0.478 e. The fourth-order valence-electron chi connectivity index (χ4n) is 3.75. The molecule has 2 atom stereocenters. The first kappa shape index (κ1) is 17.1. The molecule has 0 heterocycles. The van der Waals surface area contributed by atoms with Crippen molar-refractivity contribution < 1.29 is 9.90 Å². The summed E-state index contributed by atoms with van der Waals surface area (Å²) in [5.41, 5.74) is 3.71. The maximum absolute atomic E-state index is 11.5. The molecule has 0 aromatic carbocycles. The van der Waals surface area contributed by atoms with Gasteiger partial charge in [-0.2, -0.15) is 0 Å². The zero-order chi connectivity index (χ0) is 16.3. The Morgan fingerprint density at radius 1 is 1.09 bits per heavy atom. The van der Waals surface area contributed by atoms with Gasteiger partial charge in [0.15, 0.2) is 0 Å². The maximum atomic E-state index is 11.5. The molecular formula is C20H30O2. The quantitative estimate of drug-likeness (QED) is 0.648. The topological polar surface area (TPSA) is 37.3 Å². The molecule has 0 aliphatic heterocycles. The van der Waals surface area contributed by atoms with Crippen LogP contribution in [0.3, 0.4) is 0 Å². The lowest BCUT2D eigenvalue weighted by molar-refractivity contribution is -0.132. The SMILES string of the molecule is CC1=CCCC(C(=O)O)=C[C@@H]2[C@@H](CCC(C)=CCC1)C2(C)C. The van der Waals surface area contributed by atoms with Crippen LogP contribution in [0.5, 0.6) is 0 Å². The molecule has 0 amide bonds. The zero-order valence-electron chi connectivity index (χ0n) is 14.5. The van der Waals surface area contributed by atoms with E-state index in [0.717, 1.165) is 25.7 Å². The second-order valence-corrected chi connectivity index (χ2v) is 7.67. The molecular weight excluding hydrogens is 272 g/mol. The van der Waals surface area contributed by atoms with Crippen LogP contribution in [-0.4, -0.2) is 11.1 Å². The predicted molar refractivity (Wildman–Crippen MR) is 91.7 cm³/mol. The lowest BCUT2D eigenvalue weighted by Crippen LogP contribution is -2.02. The van der Waals surface area contributed by atoms with Crippen LogP contribution >= 0.6 is 0 Å². The summed E-state index contributed by atoms with van der Waals surface area (Å²) in [5, 5.41) is 9.46. The van der Waals surface area contributed by atoms with Crippen molar-refractivity contribution >= 4 is 5.97 Å². The molecule has 0 saturated heterocycles. The molecule has 2 nitrogen and oxygen atoms in total. The molecule has 2 heteroatoms. The van der Waals surface area contributed by atoms with E-state index in [2.05, 4.69) is 45.9 Å². The number of rotatable bonds is 1. The highest BCUT2D eigenvalue weighted by Crippen LogP contribution is 2.61. The van der Waals surface area contributed by atoms with Gasteiger partial charge in [-0.1, -0.05) is 43.2 Å². The van der Waals surface area contributed by atoms with E-state index >= 15 is 0 Å². The van der Waals surface area contributed by atoms with Gasteiger partial charge in [-0.15, -0.1) is 0 Å². The Morgan fingerprint density at radius 2 is 1.68 bits per heavy atom. The fraction of sp³-hybridized carbons (Fsp3) is 0.650. The second-order valence-electron chi connectivity index (χ2n) is 7.67. The first-order valence-electron chi connectivity index (χ1n) is 8.57. The van der Waals surface area contributed by atoms with E-state index in [1.165, 1.54) is 17.6 Å². The van der Waals surface area contributed by atoms with E-state index in [9.17, 15) is 9.90 Å². The number of allylic oxidation sites excluding steroid dienone is 5. The molecule has 122 valence electrons. The van der Waals surface area contributed by atoms with Crippen LogP contribution < -0.4 is 0 Å². The van der Waals surface area contributed by atoms with Gasteiger partial charge in [0.25, 0.3) is 0 Å². The van der Waals surface area contributed by atoms with Gasteiger partial charge in [-0.3, -0.25) is 0 Å². The number of carboxylic acid groups (broad SMARTS) is 1. The van der Waals surface area contributed by atoms with Gasteiger partial charge in [0.1, 0.15) is 0 Å². The molecule has 0 radical (unpaired) electrons. The van der Waals surface area contributed by atoms with Crippen LogP contribution in [0.2, 0.25) is 0 Å². The summed E-state index contributed by atoms with van der Waals surface area (Å²) in [5.74, 6) is 0.320. The minimum atomic E-state index is -0.740. The van der Waals surface area contributed by atoms with Crippen LogP contribution in [0.1, 0.15) is 66.2 Å². The molecule has 2 rings (SSSR count). The summed E-state index contributed by atoms with van der Waals surface area (Å²) < 4.78 is 0. The summed E-state index contributed by atoms with van der Waals surface area (Å²) in [6.45, 7) is 8.94. The van der Waals surface area contributed by atoms with Crippen molar-refractivity contribution in [3.8, 4) is 0 Å². The van der Waals surface area contributed by atoms with Crippen molar-refractivity contribution in [3.05, 3.63) is 34.9 Å². The van der Waals surface area contributed by atoms with Crippen molar-refractivity contribution in [1.82, 2.24) is 0 Å². The van der Waals surface area contributed by atoms with Crippen molar-refractivity contribution in [2.75, 3.05) is 0 Å². The molecule has 1 fully saturated rings. The van der Waals surface area contributed by atoms with Crippen molar-refractivity contribution in [3.63, 3.8) is 0 Å². The first-order chi connectivity index (χ1) is 10.3. The monoisotopic (exact) mass is 302 g/mol. The average Bonchev–Trinajstić information content (AvgIpc) is 2.94. The molecule has 22 heavy (non-hydrogen) atoms. The van der Waals surface area contributed by atoms with Gasteiger partial charge in [-0.25, -0.2) is 4.79 Å². The van der Waals surface area contributed by atoms with Gasteiger partial charge in [0.2, 0.25) is 0 Å². The van der Waals surface area contributed by atoms with Crippen LogP contribution in [0.15, 0.2) is 34.9 Å². The number of hydrogen-bond acceptors (Lipinski definition) is 1. The Labute approximate surface area is 135 Å². The number of carbonyl (C=O) groups is 1. The Balaban J connectivity index is 2.19.